The fourth-order valence-electron chi connectivity index (χ4n) is 5.19. The van der Waals surface area contributed by atoms with Crippen molar-refractivity contribution in [1.29, 1.82) is 0 Å². The van der Waals surface area contributed by atoms with E-state index >= 15 is 0 Å². The molecule has 0 unspecified atom stereocenters. The fourth-order valence-corrected chi connectivity index (χ4v) is 5.41. The molecule has 2 fully saturated rings. The minimum atomic E-state index is -0.654. The lowest BCUT2D eigenvalue weighted by Gasteiger charge is -2.49. The molecule has 10 nitrogen and oxygen atoms in total. The van der Waals surface area contributed by atoms with E-state index in [2.05, 4.69) is 44.8 Å². The Balaban J connectivity index is 1.08. The first-order valence-corrected chi connectivity index (χ1v) is 14.8. The summed E-state index contributed by atoms with van der Waals surface area (Å²) in [5.41, 5.74) is 0.654. The van der Waals surface area contributed by atoms with E-state index in [9.17, 15) is 18.4 Å². The van der Waals surface area contributed by atoms with Crippen molar-refractivity contribution < 1.29 is 23.1 Å². The Kier molecular flexibility index (Phi) is 9.98. The number of benzene rings is 2. The van der Waals surface area contributed by atoms with E-state index in [1.807, 2.05) is 0 Å². The molecular weight excluding hydrogens is 588 g/mol. The molecule has 2 aliphatic heterocycles. The predicted molar refractivity (Wildman–Crippen MR) is 168 cm³/mol. The lowest BCUT2D eigenvalue weighted by Crippen LogP contribution is -2.62. The van der Waals surface area contributed by atoms with Gasteiger partial charge in [0.15, 0.2) is 5.11 Å². The van der Waals surface area contributed by atoms with Crippen LogP contribution in [0.25, 0.3) is 0 Å². The van der Waals surface area contributed by atoms with Gasteiger partial charge in [0.25, 0.3) is 0 Å². The van der Waals surface area contributed by atoms with Crippen molar-refractivity contribution in [1.82, 2.24) is 25.0 Å². The first kappa shape index (κ1) is 31.2. The number of likely N-dealkylation sites (N-methyl/N-ethyl adjacent to an activating group) is 1. The highest BCUT2D eigenvalue weighted by atomic mass is 32.1. The molecule has 0 bridgehead atoms. The van der Waals surface area contributed by atoms with Crippen molar-refractivity contribution in [2.45, 2.75) is 31.3 Å². The molecule has 0 atom stereocenters. The van der Waals surface area contributed by atoms with Gasteiger partial charge in [-0.3, -0.25) is 15.0 Å². The van der Waals surface area contributed by atoms with Gasteiger partial charge < -0.3 is 25.2 Å². The zero-order chi connectivity index (χ0) is 31.2. The van der Waals surface area contributed by atoms with Crippen molar-refractivity contribution in [2.75, 3.05) is 50.9 Å². The maximum absolute atomic E-state index is 14.8. The molecular formula is C31H35F2N7O3S. The summed E-state index contributed by atoms with van der Waals surface area (Å²) in [7, 11) is 4.22. The van der Waals surface area contributed by atoms with Gasteiger partial charge in [-0.05, 0) is 75.1 Å². The third kappa shape index (κ3) is 8.24. The van der Waals surface area contributed by atoms with Gasteiger partial charge in [-0.2, -0.15) is 0 Å². The number of pyridine rings is 1. The molecule has 2 saturated heterocycles. The molecule has 5 rings (SSSR count). The van der Waals surface area contributed by atoms with E-state index in [1.165, 1.54) is 48.7 Å². The maximum Gasteiger partial charge on any atom is 0.323 e. The quantitative estimate of drug-likeness (QED) is 0.317. The van der Waals surface area contributed by atoms with Gasteiger partial charge in [0.05, 0.1) is 12.1 Å². The monoisotopic (exact) mass is 623 g/mol. The number of aromatic nitrogens is 1. The van der Waals surface area contributed by atoms with Crippen LogP contribution in [0.3, 0.4) is 0 Å². The Hall–Kier alpha value is -4.20. The van der Waals surface area contributed by atoms with E-state index in [4.69, 9.17) is 17.0 Å². The second-order valence-electron chi connectivity index (χ2n) is 11.1. The molecule has 44 heavy (non-hydrogen) atoms. The third-order valence-electron chi connectivity index (χ3n) is 7.81. The zero-order valence-corrected chi connectivity index (χ0v) is 25.4. The van der Waals surface area contributed by atoms with Crippen LogP contribution in [0.5, 0.6) is 11.5 Å². The number of likely N-dealkylation sites (tertiary alicyclic amines) is 2. The summed E-state index contributed by atoms with van der Waals surface area (Å²) in [5, 5.41) is 7.88. The molecule has 3 N–H and O–H groups in total. The molecule has 2 aromatic carbocycles. The van der Waals surface area contributed by atoms with Crippen molar-refractivity contribution in [3.05, 3.63) is 78.0 Å². The van der Waals surface area contributed by atoms with E-state index in [0.29, 0.717) is 42.3 Å². The topological polar surface area (TPSA) is 102 Å². The van der Waals surface area contributed by atoms with Crippen LogP contribution in [0.4, 0.5) is 25.1 Å². The third-order valence-corrected chi connectivity index (χ3v) is 8.01. The molecule has 0 spiro atoms. The highest BCUT2D eigenvalue weighted by Crippen LogP contribution is 2.27. The average molecular weight is 624 g/mol. The van der Waals surface area contributed by atoms with Gasteiger partial charge in [0, 0.05) is 56.6 Å². The zero-order valence-electron chi connectivity index (χ0n) is 24.6. The van der Waals surface area contributed by atoms with E-state index in [-0.39, 0.29) is 29.0 Å². The van der Waals surface area contributed by atoms with Gasteiger partial charge in [0.1, 0.15) is 29.0 Å². The number of piperidine rings is 1. The largest absolute Gasteiger partial charge is 0.457 e. The van der Waals surface area contributed by atoms with Gasteiger partial charge in [-0.15, -0.1) is 0 Å². The average Bonchev–Trinajstić information content (AvgIpc) is 2.95. The molecule has 0 radical (unpaired) electrons. The number of carbonyl (C=O) groups excluding carboxylic acids is 2. The normalized spacial score (nSPS) is 15.9. The standard InChI is InChI=1S/C31H35F2N7O3S/c1-38(2)23-18-40(19-23)22-10-13-39(14-11-22)31(42)36-28-17-25(9-12-34-28)43-24-7-8-27(26(33)16-24)35-30(44)37-29(41)15-20-3-5-21(32)6-4-20/h3-9,12,16-17,22-23H,10-11,13-15,18-19H2,1-2H3,(H,34,36,42)(H2,35,37,41,44). The summed E-state index contributed by atoms with van der Waals surface area (Å²) < 4.78 is 33.7. The molecule has 3 heterocycles. The maximum atomic E-state index is 14.8. The number of urea groups is 1. The number of nitrogens with zero attached hydrogens (tertiary/aromatic N) is 4. The van der Waals surface area contributed by atoms with Gasteiger partial charge in [-0.1, -0.05) is 12.1 Å². The van der Waals surface area contributed by atoms with Crippen molar-refractivity contribution in [3.8, 4) is 11.5 Å². The number of rotatable bonds is 8. The Morgan fingerprint density at radius 3 is 2.39 bits per heavy atom. The number of halogens is 2. The van der Waals surface area contributed by atoms with Crippen LogP contribution in [0.2, 0.25) is 0 Å². The Bertz CT molecular complexity index is 1490. The van der Waals surface area contributed by atoms with Gasteiger partial charge >= 0.3 is 6.03 Å². The predicted octanol–water partition coefficient (Wildman–Crippen LogP) is 4.45. The summed E-state index contributed by atoms with van der Waals surface area (Å²) in [4.78, 5) is 35.9. The van der Waals surface area contributed by atoms with Crippen LogP contribution < -0.4 is 20.7 Å². The number of anilines is 2. The molecule has 13 heteroatoms. The van der Waals surface area contributed by atoms with E-state index < -0.39 is 17.5 Å². The molecule has 232 valence electrons. The van der Waals surface area contributed by atoms with Crippen molar-refractivity contribution in [2.24, 2.45) is 0 Å². The van der Waals surface area contributed by atoms with E-state index in [0.717, 1.165) is 25.9 Å². The van der Waals surface area contributed by atoms with E-state index in [1.54, 1.807) is 17.0 Å². The minimum Gasteiger partial charge on any atom is -0.457 e. The number of thiocarbonyl (C=S) groups is 1. The number of amides is 3. The number of ether oxygens (including phenoxy) is 1. The Morgan fingerprint density at radius 1 is 1.00 bits per heavy atom. The Labute approximate surface area is 260 Å². The highest BCUT2D eigenvalue weighted by molar-refractivity contribution is 7.80. The SMILES string of the molecule is CN(C)C1CN(C2CCN(C(=O)Nc3cc(Oc4ccc(NC(=S)NC(=O)Cc5ccc(F)cc5)c(F)c4)ccn3)CC2)C1. The summed E-state index contributed by atoms with van der Waals surface area (Å²) in [5.74, 6) is -0.568. The van der Waals surface area contributed by atoms with Gasteiger partial charge in [0.2, 0.25) is 5.91 Å². The lowest BCUT2D eigenvalue weighted by molar-refractivity contribution is -0.119. The number of carbonyl (C=O) groups is 2. The summed E-state index contributed by atoms with van der Waals surface area (Å²) >= 11 is 5.13. The van der Waals surface area contributed by atoms with Crippen molar-refractivity contribution >= 4 is 40.8 Å². The molecule has 0 aliphatic carbocycles. The molecule has 0 saturated carbocycles. The second kappa shape index (κ2) is 14.1. The number of nitrogens with one attached hydrogen (secondary N) is 3. The molecule has 2 aliphatic rings. The lowest BCUT2D eigenvalue weighted by atomic mass is 9.97. The van der Waals surface area contributed by atoms with Crippen molar-refractivity contribution in [3.63, 3.8) is 0 Å². The van der Waals surface area contributed by atoms with Gasteiger partial charge in [-0.25, -0.2) is 18.6 Å². The number of hydrogen-bond acceptors (Lipinski definition) is 7. The van der Waals surface area contributed by atoms with Crippen LogP contribution in [-0.2, 0) is 11.2 Å². The van der Waals surface area contributed by atoms with Crippen LogP contribution in [-0.4, -0.2) is 89.1 Å². The number of hydrogen-bond donors (Lipinski definition) is 3. The first-order chi connectivity index (χ1) is 21.1. The molecule has 3 aromatic rings. The summed E-state index contributed by atoms with van der Waals surface area (Å²) in [6.45, 7) is 3.51. The molecule has 1 aromatic heterocycles. The second-order valence-corrected chi connectivity index (χ2v) is 11.6. The first-order valence-electron chi connectivity index (χ1n) is 14.4. The van der Waals surface area contributed by atoms with Crippen LogP contribution in [0, 0.1) is 11.6 Å². The highest BCUT2D eigenvalue weighted by Gasteiger charge is 2.35. The minimum absolute atomic E-state index is 0.0133. The Morgan fingerprint density at radius 2 is 1.70 bits per heavy atom. The van der Waals surface area contributed by atoms with Crippen LogP contribution in [0.15, 0.2) is 60.8 Å². The fraction of sp³-hybridized carbons (Fsp3) is 0.355. The molecule has 3 amide bonds. The summed E-state index contributed by atoms with van der Waals surface area (Å²) in [6, 6.07) is 13.7. The summed E-state index contributed by atoms with van der Waals surface area (Å²) in [6.07, 6.45) is 3.36. The van der Waals surface area contributed by atoms with Crippen LogP contribution in [0.1, 0.15) is 18.4 Å². The smallest absolute Gasteiger partial charge is 0.323 e. The van der Waals surface area contributed by atoms with Crippen LogP contribution >= 0.6 is 12.2 Å².